The second kappa shape index (κ2) is 7.47. The number of aromatic nitrogens is 1. The first-order valence-electron chi connectivity index (χ1n) is 8.75. The summed E-state index contributed by atoms with van der Waals surface area (Å²) in [6.45, 7) is 4.02. The van der Waals surface area contributed by atoms with Gasteiger partial charge < -0.3 is 13.9 Å². The summed E-state index contributed by atoms with van der Waals surface area (Å²) in [6, 6.07) is 8.48. The fourth-order valence-electron chi connectivity index (χ4n) is 3.93. The van der Waals surface area contributed by atoms with E-state index >= 15 is 0 Å². The lowest BCUT2D eigenvalue weighted by molar-refractivity contribution is -0.0904. The molecule has 3 heterocycles. The second-order valence-corrected chi connectivity index (χ2v) is 6.67. The minimum Gasteiger partial charge on any atom is -0.468 e. The molecule has 0 aromatic carbocycles. The number of furan rings is 1. The summed E-state index contributed by atoms with van der Waals surface area (Å²) < 4.78 is 17.6. The summed E-state index contributed by atoms with van der Waals surface area (Å²) in [7, 11) is 0. The van der Waals surface area contributed by atoms with Crippen LogP contribution in [0.25, 0.3) is 0 Å². The van der Waals surface area contributed by atoms with E-state index in [9.17, 15) is 0 Å². The highest BCUT2D eigenvalue weighted by Crippen LogP contribution is 2.35. The monoisotopic (exact) mass is 328 g/mol. The van der Waals surface area contributed by atoms with Crippen molar-refractivity contribution in [2.75, 3.05) is 19.8 Å². The average Bonchev–Trinajstić information content (AvgIpc) is 3.27. The Morgan fingerprint density at radius 2 is 2.25 bits per heavy atom. The van der Waals surface area contributed by atoms with Crippen LogP contribution >= 0.6 is 0 Å². The van der Waals surface area contributed by atoms with Crippen LogP contribution in [-0.2, 0) is 22.6 Å². The van der Waals surface area contributed by atoms with Crippen molar-refractivity contribution in [1.29, 1.82) is 0 Å². The predicted octanol–water partition coefficient (Wildman–Crippen LogP) is 2.87. The first-order chi connectivity index (χ1) is 11.9. The van der Waals surface area contributed by atoms with Crippen molar-refractivity contribution in [1.82, 2.24) is 9.88 Å². The summed E-state index contributed by atoms with van der Waals surface area (Å²) in [5.74, 6) is 1.51. The van der Waals surface area contributed by atoms with Crippen molar-refractivity contribution in [3.8, 4) is 0 Å². The van der Waals surface area contributed by atoms with Crippen molar-refractivity contribution in [3.05, 3.63) is 54.2 Å². The SMILES string of the molecule is c1cncc(COC[C@@H]2CC[C@H]3[C@H]2OCCN3Cc2ccco2)c1. The Balaban J connectivity index is 1.31. The zero-order chi connectivity index (χ0) is 16.2. The van der Waals surface area contributed by atoms with Crippen molar-refractivity contribution < 1.29 is 13.9 Å². The topological polar surface area (TPSA) is 47.7 Å². The average molecular weight is 328 g/mol. The molecule has 3 atom stereocenters. The van der Waals surface area contributed by atoms with Gasteiger partial charge in [0.25, 0.3) is 0 Å². The van der Waals surface area contributed by atoms with E-state index < -0.39 is 0 Å². The second-order valence-electron chi connectivity index (χ2n) is 6.67. The van der Waals surface area contributed by atoms with Crippen molar-refractivity contribution in [2.45, 2.75) is 38.1 Å². The molecule has 5 heteroatoms. The minimum absolute atomic E-state index is 0.280. The largest absolute Gasteiger partial charge is 0.468 e. The van der Waals surface area contributed by atoms with Crippen LogP contribution in [-0.4, -0.2) is 41.8 Å². The molecule has 0 spiro atoms. The highest BCUT2D eigenvalue weighted by molar-refractivity contribution is 5.07. The van der Waals surface area contributed by atoms with Gasteiger partial charge in [-0.2, -0.15) is 0 Å². The molecule has 4 rings (SSSR count). The highest BCUT2D eigenvalue weighted by Gasteiger charge is 2.42. The first-order valence-corrected chi connectivity index (χ1v) is 8.75. The van der Waals surface area contributed by atoms with Gasteiger partial charge in [0.05, 0.1) is 38.7 Å². The Morgan fingerprint density at radius 3 is 3.08 bits per heavy atom. The quantitative estimate of drug-likeness (QED) is 0.816. The van der Waals surface area contributed by atoms with Crippen molar-refractivity contribution in [2.24, 2.45) is 5.92 Å². The first kappa shape index (κ1) is 15.8. The van der Waals surface area contributed by atoms with E-state index in [-0.39, 0.29) is 6.10 Å². The molecule has 1 aliphatic heterocycles. The molecule has 2 fully saturated rings. The van der Waals surface area contributed by atoms with Crippen LogP contribution in [0.15, 0.2) is 47.3 Å². The lowest BCUT2D eigenvalue weighted by Gasteiger charge is -2.38. The number of hydrogen-bond acceptors (Lipinski definition) is 5. The summed E-state index contributed by atoms with van der Waals surface area (Å²) >= 11 is 0. The molecule has 1 saturated carbocycles. The van der Waals surface area contributed by atoms with E-state index in [2.05, 4.69) is 9.88 Å². The van der Waals surface area contributed by atoms with Gasteiger partial charge in [-0.05, 0) is 36.6 Å². The Morgan fingerprint density at radius 1 is 1.25 bits per heavy atom. The third kappa shape index (κ3) is 3.53. The van der Waals surface area contributed by atoms with Gasteiger partial charge in [0.15, 0.2) is 0 Å². The molecule has 128 valence electrons. The Kier molecular flexibility index (Phi) is 4.92. The number of pyridine rings is 1. The van der Waals surface area contributed by atoms with Gasteiger partial charge in [0, 0.05) is 30.9 Å². The molecule has 24 heavy (non-hydrogen) atoms. The van der Waals surface area contributed by atoms with E-state index in [1.54, 1.807) is 12.5 Å². The van der Waals surface area contributed by atoms with Gasteiger partial charge in [-0.1, -0.05) is 6.07 Å². The maximum Gasteiger partial charge on any atom is 0.117 e. The molecule has 0 bridgehead atoms. The fraction of sp³-hybridized carbons (Fsp3) is 0.526. The van der Waals surface area contributed by atoms with Crippen LogP contribution in [0.5, 0.6) is 0 Å². The minimum atomic E-state index is 0.280. The summed E-state index contributed by atoms with van der Waals surface area (Å²) in [4.78, 5) is 6.63. The molecule has 2 aromatic rings. The van der Waals surface area contributed by atoms with Crippen LogP contribution < -0.4 is 0 Å². The zero-order valence-electron chi connectivity index (χ0n) is 13.8. The van der Waals surface area contributed by atoms with Crippen LogP contribution in [0.4, 0.5) is 0 Å². The zero-order valence-corrected chi connectivity index (χ0v) is 13.8. The number of morpholine rings is 1. The van der Waals surface area contributed by atoms with Crippen LogP contribution in [0.1, 0.15) is 24.2 Å². The van der Waals surface area contributed by atoms with E-state index in [1.807, 2.05) is 30.5 Å². The Bertz CT molecular complexity index is 617. The molecule has 0 radical (unpaired) electrons. The summed E-state index contributed by atoms with van der Waals surface area (Å²) in [5, 5.41) is 0. The third-order valence-electron chi connectivity index (χ3n) is 5.10. The van der Waals surface area contributed by atoms with Gasteiger partial charge in [-0.15, -0.1) is 0 Å². The van der Waals surface area contributed by atoms with E-state index in [0.717, 1.165) is 44.0 Å². The molecule has 5 nitrogen and oxygen atoms in total. The lowest BCUT2D eigenvalue weighted by atomic mass is 10.0. The smallest absolute Gasteiger partial charge is 0.117 e. The molecule has 1 aliphatic carbocycles. The normalized spacial score (nSPS) is 27.2. The lowest BCUT2D eigenvalue weighted by Crippen LogP contribution is -2.50. The van der Waals surface area contributed by atoms with E-state index in [0.29, 0.717) is 18.6 Å². The maximum atomic E-state index is 6.10. The van der Waals surface area contributed by atoms with Gasteiger partial charge in [-0.3, -0.25) is 9.88 Å². The molecular formula is C19H24N2O3. The van der Waals surface area contributed by atoms with Crippen LogP contribution in [0.2, 0.25) is 0 Å². The number of hydrogen-bond donors (Lipinski definition) is 0. The number of rotatable bonds is 6. The molecular weight excluding hydrogens is 304 g/mol. The molecule has 1 saturated heterocycles. The van der Waals surface area contributed by atoms with Gasteiger partial charge in [-0.25, -0.2) is 0 Å². The predicted molar refractivity (Wildman–Crippen MR) is 89.3 cm³/mol. The molecule has 0 unspecified atom stereocenters. The Hall–Kier alpha value is -1.69. The molecule has 2 aliphatic rings. The van der Waals surface area contributed by atoms with Crippen LogP contribution in [0, 0.1) is 5.92 Å². The summed E-state index contributed by atoms with van der Waals surface area (Å²) in [5.41, 5.74) is 1.12. The summed E-state index contributed by atoms with van der Waals surface area (Å²) in [6.07, 6.45) is 8.01. The van der Waals surface area contributed by atoms with Gasteiger partial charge >= 0.3 is 0 Å². The maximum absolute atomic E-state index is 6.10. The molecule has 0 N–H and O–H groups in total. The van der Waals surface area contributed by atoms with E-state index in [1.165, 1.54) is 6.42 Å². The molecule has 0 amide bonds. The highest BCUT2D eigenvalue weighted by atomic mass is 16.5. The standard InChI is InChI=1S/C19H24N2O3/c1-3-15(11-20-7-1)13-22-14-16-5-6-18-19(16)24-10-8-21(18)12-17-4-2-9-23-17/h1-4,7,9,11,16,18-19H,5-6,8,10,12-14H2/t16-,18-,19-/m0/s1. The number of nitrogens with zero attached hydrogens (tertiary/aromatic N) is 2. The van der Waals surface area contributed by atoms with Gasteiger partial charge in [0.2, 0.25) is 0 Å². The van der Waals surface area contributed by atoms with Crippen molar-refractivity contribution in [3.63, 3.8) is 0 Å². The van der Waals surface area contributed by atoms with Crippen molar-refractivity contribution >= 4 is 0 Å². The van der Waals surface area contributed by atoms with Crippen LogP contribution in [0.3, 0.4) is 0 Å². The van der Waals surface area contributed by atoms with E-state index in [4.69, 9.17) is 13.9 Å². The Labute approximate surface area is 142 Å². The third-order valence-corrected chi connectivity index (χ3v) is 5.10. The molecule has 2 aromatic heterocycles. The van der Waals surface area contributed by atoms with Gasteiger partial charge in [0.1, 0.15) is 5.76 Å². The number of ether oxygens (including phenoxy) is 2. The number of fused-ring (bicyclic) bond motifs is 1. The fourth-order valence-corrected chi connectivity index (χ4v) is 3.93.